The summed E-state index contributed by atoms with van der Waals surface area (Å²) in [4.78, 5) is 12.4. The van der Waals surface area contributed by atoms with Gasteiger partial charge in [-0.25, -0.2) is 0 Å². The molecule has 0 heterocycles. The van der Waals surface area contributed by atoms with Crippen LogP contribution in [0.2, 0.25) is 0 Å². The van der Waals surface area contributed by atoms with Crippen molar-refractivity contribution in [1.29, 1.82) is 0 Å². The number of allylic oxidation sites excluding steroid dienone is 4. The van der Waals surface area contributed by atoms with E-state index in [0.29, 0.717) is 12.8 Å². The molecule has 0 rings (SSSR count). The van der Waals surface area contributed by atoms with E-state index in [1.54, 1.807) is 0 Å². The summed E-state index contributed by atoms with van der Waals surface area (Å²) >= 11 is 0. The van der Waals surface area contributed by atoms with Crippen LogP contribution in [0.1, 0.15) is 174 Å². The molecule has 0 aromatic carbocycles. The minimum Gasteiger partial charge on any atom is -0.391 e. The molecule has 0 aromatic heterocycles. The number of carbonyl (C=O) groups is 1. The molecule has 0 fully saturated rings. The summed E-state index contributed by atoms with van der Waals surface area (Å²) in [5.41, 5.74) is 0. The largest absolute Gasteiger partial charge is 0.391 e. The van der Waals surface area contributed by atoms with Crippen LogP contribution in [-0.4, -0.2) is 41.9 Å². The van der Waals surface area contributed by atoms with Crippen LogP contribution < -0.4 is 5.32 Å². The molecule has 0 aromatic rings. The molecule has 2 atom stereocenters. The van der Waals surface area contributed by atoms with Crippen molar-refractivity contribution in [2.24, 2.45) is 0 Å². The number of unbranched alkanes of at least 4 members (excludes halogenated alkanes) is 19. The van der Waals surface area contributed by atoms with E-state index >= 15 is 0 Å². The fraction of sp³-hybridized carbons (Fsp3) is 0.857. The summed E-state index contributed by atoms with van der Waals surface area (Å²) in [5.74, 6) is -0.903. The van der Waals surface area contributed by atoms with E-state index in [-0.39, 0.29) is 5.91 Å². The highest BCUT2D eigenvalue weighted by Crippen LogP contribution is 2.14. The maximum Gasteiger partial charge on any atom is 0.266 e. The Bertz CT molecular complexity index is 765. The van der Waals surface area contributed by atoms with Crippen molar-refractivity contribution in [3.05, 3.63) is 24.3 Å². The molecule has 7 heteroatoms. The van der Waals surface area contributed by atoms with E-state index < -0.39 is 28.0 Å². The van der Waals surface area contributed by atoms with Crippen molar-refractivity contribution >= 4 is 16.0 Å². The normalized spacial score (nSPS) is 13.7. The lowest BCUT2D eigenvalue weighted by atomic mass is 10.0. The van der Waals surface area contributed by atoms with Gasteiger partial charge in [-0.3, -0.25) is 9.35 Å². The summed E-state index contributed by atoms with van der Waals surface area (Å²) in [6.45, 7) is 4.44. The Labute approximate surface area is 260 Å². The van der Waals surface area contributed by atoms with Crippen LogP contribution in [0, 0.1) is 0 Å². The van der Waals surface area contributed by atoms with E-state index in [0.717, 1.165) is 44.9 Å². The second-order valence-corrected chi connectivity index (χ2v) is 13.6. The number of aliphatic hydroxyl groups is 1. The molecule has 0 saturated carbocycles. The zero-order chi connectivity index (χ0) is 31.2. The summed E-state index contributed by atoms with van der Waals surface area (Å²) in [5, 5.41) is 13.2. The summed E-state index contributed by atoms with van der Waals surface area (Å²) in [6, 6.07) is -0.968. The van der Waals surface area contributed by atoms with E-state index in [2.05, 4.69) is 43.5 Å². The molecule has 0 bridgehead atoms. The van der Waals surface area contributed by atoms with E-state index in [9.17, 15) is 22.9 Å². The first kappa shape index (κ1) is 40.8. The maximum atomic E-state index is 12.4. The summed E-state index contributed by atoms with van der Waals surface area (Å²) in [6.07, 6.45) is 35.6. The number of carbonyl (C=O) groups excluding carboxylic acids is 1. The van der Waals surface area contributed by atoms with Crippen LogP contribution >= 0.6 is 0 Å². The molecule has 6 nitrogen and oxygen atoms in total. The molecule has 248 valence electrons. The minimum absolute atomic E-state index is 0.254. The maximum absolute atomic E-state index is 12.4. The standard InChI is InChI=1S/C35H67NO5S/c1-3-5-7-9-11-13-14-15-16-17-18-19-20-21-22-23-25-27-29-31-35(38)36-33(32-42(39,40)41)34(37)30-28-26-24-12-10-8-6-4-2/h11,13,15-16,33-34,37H,3-10,12,14,17-32H2,1-2H3,(H,36,38)(H,39,40,41)/b13-11-,16-15-. The highest BCUT2D eigenvalue weighted by molar-refractivity contribution is 7.85. The predicted molar refractivity (Wildman–Crippen MR) is 179 cm³/mol. The first-order chi connectivity index (χ1) is 20.3. The second-order valence-electron chi connectivity index (χ2n) is 12.1. The van der Waals surface area contributed by atoms with Crippen LogP contribution in [0.25, 0.3) is 0 Å². The first-order valence-electron chi connectivity index (χ1n) is 17.5. The van der Waals surface area contributed by atoms with Crippen LogP contribution in [0.5, 0.6) is 0 Å². The fourth-order valence-electron chi connectivity index (χ4n) is 5.25. The van der Waals surface area contributed by atoms with Crippen molar-refractivity contribution in [2.45, 2.75) is 187 Å². The van der Waals surface area contributed by atoms with Crippen molar-refractivity contribution in [3.8, 4) is 0 Å². The Balaban J connectivity index is 3.86. The lowest BCUT2D eigenvalue weighted by molar-refractivity contribution is -0.122. The average Bonchev–Trinajstić information content (AvgIpc) is 2.94. The molecular weight excluding hydrogens is 546 g/mol. The predicted octanol–water partition coefficient (Wildman–Crippen LogP) is 9.62. The molecule has 0 aliphatic carbocycles. The third kappa shape index (κ3) is 30.3. The van der Waals surface area contributed by atoms with Gasteiger partial charge >= 0.3 is 0 Å². The smallest absolute Gasteiger partial charge is 0.266 e. The molecule has 0 aliphatic heterocycles. The Morgan fingerprint density at radius 2 is 1.07 bits per heavy atom. The van der Waals surface area contributed by atoms with Gasteiger partial charge in [-0.2, -0.15) is 8.42 Å². The number of hydrogen-bond donors (Lipinski definition) is 3. The lowest BCUT2D eigenvalue weighted by Gasteiger charge is -2.23. The molecule has 0 aliphatic rings. The summed E-state index contributed by atoms with van der Waals surface area (Å²) < 4.78 is 32.2. The Morgan fingerprint density at radius 1 is 0.643 bits per heavy atom. The number of rotatable bonds is 31. The van der Waals surface area contributed by atoms with Gasteiger partial charge in [0, 0.05) is 6.42 Å². The van der Waals surface area contributed by atoms with Gasteiger partial charge in [-0.05, 0) is 44.9 Å². The van der Waals surface area contributed by atoms with Gasteiger partial charge < -0.3 is 10.4 Å². The van der Waals surface area contributed by atoms with Crippen molar-refractivity contribution in [1.82, 2.24) is 5.32 Å². The van der Waals surface area contributed by atoms with Gasteiger partial charge in [-0.15, -0.1) is 0 Å². The SMILES string of the molecule is CCCCC/C=C\C/C=C\CCCCCCCCCCCC(=O)NC(CS(=O)(=O)O)C(O)CCCCCCCCCC. The van der Waals surface area contributed by atoms with Gasteiger partial charge in [0.1, 0.15) is 0 Å². The average molecular weight is 614 g/mol. The zero-order valence-corrected chi connectivity index (χ0v) is 28.2. The van der Waals surface area contributed by atoms with Crippen molar-refractivity contribution in [3.63, 3.8) is 0 Å². The van der Waals surface area contributed by atoms with Gasteiger partial charge in [-0.1, -0.05) is 147 Å². The molecular formula is C35H67NO5S. The molecule has 2 unspecified atom stereocenters. The molecule has 0 saturated heterocycles. The van der Waals surface area contributed by atoms with Gasteiger partial charge in [0.2, 0.25) is 5.91 Å². The monoisotopic (exact) mass is 613 g/mol. The molecule has 42 heavy (non-hydrogen) atoms. The molecule has 3 N–H and O–H groups in total. The quantitative estimate of drug-likeness (QED) is 0.0410. The number of hydrogen-bond acceptors (Lipinski definition) is 4. The lowest BCUT2D eigenvalue weighted by Crippen LogP contribution is -2.47. The first-order valence-corrected chi connectivity index (χ1v) is 19.1. The second kappa shape index (κ2) is 29.9. The number of aliphatic hydroxyl groups excluding tert-OH is 1. The Morgan fingerprint density at radius 3 is 1.60 bits per heavy atom. The van der Waals surface area contributed by atoms with Crippen LogP contribution in [-0.2, 0) is 14.9 Å². The highest BCUT2D eigenvalue weighted by Gasteiger charge is 2.26. The van der Waals surface area contributed by atoms with Crippen molar-refractivity contribution < 1.29 is 22.9 Å². The molecule has 0 spiro atoms. The number of nitrogens with one attached hydrogen (secondary N) is 1. The third-order valence-corrected chi connectivity index (χ3v) is 8.69. The Hall–Kier alpha value is -1.18. The van der Waals surface area contributed by atoms with Crippen LogP contribution in [0.3, 0.4) is 0 Å². The molecule has 0 radical (unpaired) electrons. The minimum atomic E-state index is -4.30. The van der Waals surface area contributed by atoms with Gasteiger partial charge in [0.05, 0.1) is 17.9 Å². The highest BCUT2D eigenvalue weighted by atomic mass is 32.2. The van der Waals surface area contributed by atoms with E-state index in [1.165, 1.54) is 103 Å². The van der Waals surface area contributed by atoms with Gasteiger partial charge in [0.15, 0.2) is 0 Å². The van der Waals surface area contributed by atoms with E-state index in [4.69, 9.17) is 0 Å². The number of amides is 1. The van der Waals surface area contributed by atoms with Crippen LogP contribution in [0.15, 0.2) is 24.3 Å². The topological polar surface area (TPSA) is 104 Å². The zero-order valence-electron chi connectivity index (χ0n) is 27.4. The third-order valence-electron chi connectivity index (χ3n) is 7.91. The molecule has 1 amide bonds. The van der Waals surface area contributed by atoms with Gasteiger partial charge in [0.25, 0.3) is 10.1 Å². The van der Waals surface area contributed by atoms with Crippen molar-refractivity contribution in [2.75, 3.05) is 5.75 Å². The Kier molecular flexibility index (Phi) is 29.0. The van der Waals surface area contributed by atoms with Crippen LogP contribution in [0.4, 0.5) is 0 Å². The van der Waals surface area contributed by atoms with E-state index in [1.807, 2.05) is 0 Å². The summed E-state index contributed by atoms with van der Waals surface area (Å²) in [7, 11) is -4.30. The fourth-order valence-corrected chi connectivity index (χ4v) is 6.01.